The minimum Gasteiger partial charge on any atom is -0.377 e. The molecule has 0 aliphatic carbocycles. The predicted octanol–water partition coefficient (Wildman–Crippen LogP) is 2.19. The summed E-state index contributed by atoms with van der Waals surface area (Å²) in [5, 5.41) is 13.6. The van der Waals surface area contributed by atoms with E-state index in [1.807, 2.05) is 6.92 Å². The summed E-state index contributed by atoms with van der Waals surface area (Å²) in [6.45, 7) is 2.61. The molecule has 1 amide bonds. The van der Waals surface area contributed by atoms with Crippen LogP contribution >= 0.6 is 0 Å². The highest BCUT2D eigenvalue weighted by Crippen LogP contribution is 2.24. The molecule has 0 aliphatic heterocycles. The van der Waals surface area contributed by atoms with Crippen molar-refractivity contribution in [2.45, 2.75) is 19.8 Å². The van der Waals surface area contributed by atoms with E-state index < -0.39 is 4.92 Å². The smallest absolute Gasteiger partial charge is 0.270 e. The van der Waals surface area contributed by atoms with E-state index in [9.17, 15) is 14.9 Å². The second-order valence-corrected chi connectivity index (χ2v) is 4.46. The van der Waals surface area contributed by atoms with E-state index in [1.54, 1.807) is 25.1 Å². The molecule has 0 aliphatic rings. The molecule has 0 fully saturated rings. The molecule has 0 aromatic heterocycles. The molecule has 0 spiro atoms. The molecule has 1 aromatic carbocycles. The lowest BCUT2D eigenvalue weighted by Crippen LogP contribution is -2.26. The summed E-state index contributed by atoms with van der Waals surface area (Å²) < 4.78 is 0. The fraction of sp³-hybridized carbons (Fsp3) is 0.462. The number of nitro benzene ring substituents is 1. The van der Waals surface area contributed by atoms with Crippen LogP contribution in [0.25, 0.3) is 0 Å². The van der Waals surface area contributed by atoms with Crippen molar-refractivity contribution in [1.82, 2.24) is 5.32 Å². The predicted molar refractivity (Wildman–Crippen MR) is 74.7 cm³/mol. The first-order valence-corrected chi connectivity index (χ1v) is 6.21. The van der Waals surface area contributed by atoms with E-state index in [0.29, 0.717) is 17.8 Å². The lowest BCUT2D eigenvalue weighted by Gasteiger charge is -2.16. The van der Waals surface area contributed by atoms with Crippen LogP contribution in [0.3, 0.4) is 0 Å². The summed E-state index contributed by atoms with van der Waals surface area (Å²) in [5.41, 5.74) is 0.918. The Morgan fingerprint density at radius 1 is 1.42 bits per heavy atom. The second kappa shape index (κ2) is 6.72. The van der Waals surface area contributed by atoms with Crippen LogP contribution in [0.2, 0.25) is 0 Å². The van der Waals surface area contributed by atoms with Crippen molar-refractivity contribution in [3.05, 3.63) is 33.9 Å². The molecule has 0 saturated carbocycles. The number of hydrogen-bond donors (Lipinski definition) is 1. The number of unbranched alkanes of at least 4 members (excludes halogenated alkanes) is 1. The van der Waals surface area contributed by atoms with Crippen LogP contribution in [-0.2, 0) is 0 Å². The molecule has 0 radical (unpaired) electrons. The molecule has 6 nitrogen and oxygen atoms in total. The monoisotopic (exact) mass is 265 g/mol. The van der Waals surface area contributed by atoms with Crippen LogP contribution in [0.1, 0.15) is 30.1 Å². The van der Waals surface area contributed by atoms with E-state index in [1.165, 1.54) is 12.1 Å². The maximum Gasteiger partial charge on any atom is 0.270 e. The molecule has 1 rings (SSSR count). The number of carbonyl (C=O) groups excluding carboxylic acids is 1. The largest absolute Gasteiger partial charge is 0.377 e. The molecule has 0 heterocycles. The fourth-order valence-corrected chi connectivity index (χ4v) is 1.68. The Labute approximate surface area is 112 Å². The zero-order chi connectivity index (χ0) is 14.4. The molecule has 19 heavy (non-hydrogen) atoms. The van der Waals surface area contributed by atoms with Crippen molar-refractivity contribution < 1.29 is 9.72 Å². The average Bonchev–Trinajstić information content (AvgIpc) is 2.37. The average molecular weight is 265 g/mol. The maximum atomic E-state index is 12.1. The van der Waals surface area contributed by atoms with Crippen molar-refractivity contribution >= 4 is 17.3 Å². The van der Waals surface area contributed by atoms with Crippen molar-refractivity contribution in [2.75, 3.05) is 25.5 Å². The van der Waals surface area contributed by atoms with Crippen LogP contribution < -0.4 is 10.2 Å². The highest BCUT2D eigenvalue weighted by Gasteiger charge is 2.17. The van der Waals surface area contributed by atoms with Gasteiger partial charge in [-0.2, -0.15) is 0 Å². The van der Waals surface area contributed by atoms with Crippen LogP contribution in [0.15, 0.2) is 18.2 Å². The number of rotatable bonds is 6. The molecule has 104 valence electrons. The topological polar surface area (TPSA) is 75.5 Å². The number of benzene rings is 1. The van der Waals surface area contributed by atoms with Crippen LogP contribution in [0.5, 0.6) is 0 Å². The van der Waals surface area contributed by atoms with Crippen molar-refractivity contribution in [2.24, 2.45) is 0 Å². The Morgan fingerprint density at radius 3 is 2.63 bits per heavy atom. The van der Waals surface area contributed by atoms with Crippen molar-refractivity contribution in [3.8, 4) is 0 Å². The van der Waals surface area contributed by atoms with Gasteiger partial charge in [-0.25, -0.2) is 0 Å². The number of nitrogens with one attached hydrogen (secondary N) is 1. The molecule has 6 heteroatoms. The molecule has 1 aromatic rings. The van der Waals surface area contributed by atoms with Gasteiger partial charge < -0.3 is 10.2 Å². The first-order chi connectivity index (χ1) is 8.97. The molecule has 0 atom stereocenters. The molecule has 0 bridgehead atoms. The van der Waals surface area contributed by atoms with E-state index in [2.05, 4.69) is 5.32 Å². The molecule has 0 saturated heterocycles. The van der Waals surface area contributed by atoms with Crippen LogP contribution in [0, 0.1) is 10.1 Å². The second-order valence-electron chi connectivity index (χ2n) is 4.46. The van der Waals surface area contributed by atoms with Gasteiger partial charge in [0.05, 0.1) is 10.5 Å². The number of anilines is 1. The number of non-ortho nitro benzene ring substituents is 1. The van der Waals surface area contributed by atoms with Gasteiger partial charge in [0.25, 0.3) is 11.6 Å². The van der Waals surface area contributed by atoms with Crippen molar-refractivity contribution in [3.63, 3.8) is 0 Å². The lowest BCUT2D eigenvalue weighted by atomic mass is 10.1. The summed E-state index contributed by atoms with van der Waals surface area (Å²) >= 11 is 0. The van der Waals surface area contributed by atoms with E-state index in [-0.39, 0.29) is 11.6 Å². The van der Waals surface area contributed by atoms with Crippen molar-refractivity contribution in [1.29, 1.82) is 0 Å². The summed E-state index contributed by atoms with van der Waals surface area (Å²) in [6, 6.07) is 4.31. The number of nitro groups is 1. The van der Waals surface area contributed by atoms with Gasteiger partial charge in [0.1, 0.15) is 0 Å². The normalized spacial score (nSPS) is 10.1. The number of amides is 1. The quantitative estimate of drug-likeness (QED) is 0.486. The Kier molecular flexibility index (Phi) is 5.29. The third-order valence-electron chi connectivity index (χ3n) is 2.73. The van der Waals surface area contributed by atoms with E-state index >= 15 is 0 Å². The maximum absolute atomic E-state index is 12.1. The Hall–Kier alpha value is -2.11. The van der Waals surface area contributed by atoms with Gasteiger partial charge in [0.15, 0.2) is 0 Å². The highest BCUT2D eigenvalue weighted by molar-refractivity contribution is 6.00. The lowest BCUT2D eigenvalue weighted by molar-refractivity contribution is -0.384. The molecule has 0 unspecified atom stereocenters. The zero-order valence-electron chi connectivity index (χ0n) is 11.5. The first kappa shape index (κ1) is 14.9. The van der Waals surface area contributed by atoms with Gasteiger partial charge in [0.2, 0.25) is 0 Å². The Bertz CT molecular complexity index is 472. The standard InChI is InChI=1S/C13H19N3O3/c1-4-5-8-14-13(17)11-9-10(16(18)19)6-7-12(11)15(2)3/h6-7,9H,4-5,8H2,1-3H3,(H,14,17). The highest BCUT2D eigenvalue weighted by atomic mass is 16.6. The first-order valence-electron chi connectivity index (χ1n) is 6.21. The third-order valence-corrected chi connectivity index (χ3v) is 2.73. The molecular weight excluding hydrogens is 246 g/mol. The number of hydrogen-bond acceptors (Lipinski definition) is 4. The van der Waals surface area contributed by atoms with Crippen LogP contribution in [-0.4, -0.2) is 31.5 Å². The number of carbonyl (C=O) groups is 1. The summed E-state index contributed by atoms with van der Waals surface area (Å²) in [7, 11) is 3.59. The summed E-state index contributed by atoms with van der Waals surface area (Å²) in [6.07, 6.45) is 1.87. The van der Waals surface area contributed by atoms with Gasteiger partial charge >= 0.3 is 0 Å². The molecular formula is C13H19N3O3. The minimum absolute atomic E-state index is 0.0776. The van der Waals surface area contributed by atoms with Crippen LogP contribution in [0.4, 0.5) is 11.4 Å². The van der Waals surface area contributed by atoms with E-state index in [0.717, 1.165) is 12.8 Å². The Morgan fingerprint density at radius 2 is 2.11 bits per heavy atom. The van der Waals surface area contributed by atoms with Gasteiger partial charge in [0, 0.05) is 38.5 Å². The van der Waals surface area contributed by atoms with Gasteiger partial charge in [-0.05, 0) is 12.5 Å². The third kappa shape index (κ3) is 3.94. The van der Waals surface area contributed by atoms with Gasteiger partial charge in [-0.3, -0.25) is 14.9 Å². The molecule has 1 N–H and O–H groups in total. The Balaban J connectivity index is 3.03. The summed E-state index contributed by atoms with van der Waals surface area (Å²) in [5.74, 6) is -0.277. The van der Waals surface area contributed by atoms with Gasteiger partial charge in [-0.1, -0.05) is 13.3 Å². The van der Waals surface area contributed by atoms with E-state index in [4.69, 9.17) is 0 Å². The van der Waals surface area contributed by atoms with Gasteiger partial charge in [-0.15, -0.1) is 0 Å². The number of nitrogens with zero attached hydrogens (tertiary/aromatic N) is 2. The zero-order valence-corrected chi connectivity index (χ0v) is 11.5. The minimum atomic E-state index is -0.498. The summed E-state index contributed by atoms with van der Waals surface area (Å²) in [4.78, 5) is 24.1. The SMILES string of the molecule is CCCCNC(=O)c1cc([N+](=O)[O-])ccc1N(C)C. The fourth-order valence-electron chi connectivity index (χ4n) is 1.68.